The van der Waals surface area contributed by atoms with Crippen molar-refractivity contribution in [3.63, 3.8) is 0 Å². The Kier molecular flexibility index (Phi) is 7.70. The molecule has 162 valence electrons. The van der Waals surface area contributed by atoms with Crippen molar-refractivity contribution in [2.75, 3.05) is 6.61 Å². The molecule has 0 saturated heterocycles. The zero-order chi connectivity index (χ0) is 22.4. The number of alkyl halides is 3. The number of halogens is 6. The first-order valence-electron chi connectivity index (χ1n) is 8.93. The van der Waals surface area contributed by atoms with E-state index in [0.29, 0.717) is 24.1 Å². The summed E-state index contributed by atoms with van der Waals surface area (Å²) in [7, 11) is 0. The number of hydrogen-bond acceptors (Lipinski definition) is 3. The van der Waals surface area contributed by atoms with Gasteiger partial charge in [0.15, 0.2) is 0 Å². The lowest BCUT2D eigenvalue weighted by Crippen LogP contribution is -2.05. The monoisotopic (exact) mass is 487 g/mol. The molecule has 0 amide bonds. The molecule has 3 nitrogen and oxygen atoms in total. The van der Waals surface area contributed by atoms with Crippen LogP contribution in [0.3, 0.4) is 0 Å². The Morgan fingerprint density at radius 1 is 0.935 bits per heavy atom. The standard InChI is InChI=1S/C22H15Cl3F3NO2/c23-19-12-16(22(26,27)28)13-29-21(19)31-18-7-3-15(4-8-18)11-14-1-5-17(6-2-14)30-10-9-20(24)25/h1-9,12-13H,10-11H2. The van der Waals surface area contributed by atoms with Gasteiger partial charge in [-0.1, -0.05) is 59.1 Å². The van der Waals surface area contributed by atoms with Gasteiger partial charge in [0.1, 0.15) is 27.6 Å². The Morgan fingerprint density at radius 2 is 1.52 bits per heavy atom. The molecule has 0 aliphatic carbocycles. The summed E-state index contributed by atoms with van der Waals surface area (Å²) in [5, 5.41) is -0.218. The molecule has 0 radical (unpaired) electrons. The van der Waals surface area contributed by atoms with Crippen LogP contribution in [-0.2, 0) is 12.6 Å². The second-order valence-electron chi connectivity index (χ2n) is 6.38. The van der Waals surface area contributed by atoms with Gasteiger partial charge in [-0.15, -0.1) is 0 Å². The van der Waals surface area contributed by atoms with Crippen LogP contribution in [0.5, 0.6) is 17.4 Å². The van der Waals surface area contributed by atoms with Crippen LogP contribution in [0, 0.1) is 0 Å². The minimum absolute atomic E-state index is 0.0942. The van der Waals surface area contributed by atoms with Crippen LogP contribution >= 0.6 is 34.8 Å². The molecule has 9 heteroatoms. The van der Waals surface area contributed by atoms with Gasteiger partial charge >= 0.3 is 6.18 Å². The number of nitrogens with zero attached hydrogens (tertiary/aromatic N) is 1. The van der Waals surface area contributed by atoms with E-state index in [-0.39, 0.29) is 22.0 Å². The summed E-state index contributed by atoms with van der Waals surface area (Å²) in [6.07, 6.45) is -1.61. The van der Waals surface area contributed by atoms with E-state index >= 15 is 0 Å². The molecule has 3 aromatic rings. The topological polar surface area (TPSA) is 31.4 Å². The quantitative estimate of drug-likeness (QED) is 0.339. The van der Waals surface area contributed by atoms with Crippen molar-refractivity contribution in [2.45, 2.75) is 12.6 Å². The first kappa shape index (κ1) is 23.3. The van der Waals surface area contributed by atoms with E-state index in [1.165, 1.54) is 0 Å². The lowest BCUT2D eigenvalue weighted by molar-refractivity contribution is -0.137. The maximum absolute atomic E-state index is 12.7. The Hall–Kier alpha value is -2.41. The predicted molar refractivity (Wildman–Crippen MR) is 115 cm³/mol. The van der Waals surface area contributed by atoms with Crippen LogP contribution in [0.2, 0.25) is 5.02 Å². The fraction of sp³-hybridized carbons (Fsp3) is 0.136. The summed E-state index contributed by atoms with van der Waals surface area (Å²) in [6.45, 7) is 0.279. The van der Waals surface area contributed by atoms with Crippen molar-refractivity contribution in [2.24, 2.45) is 0 Å². The first-order chi connectivity index (χ1) is 14.7. The van der Waals surface area contributed by atoms with Gasteiger partial charge in [-0.05, 0) is 54.0 Å². The Balaban J connectivity index is 1.60. The van der Waals surface area contributed by atoms with E-state index in [1.54, 1.807) is 18.2 Å². The molecule has 0 unspecified atom stereocenters. The average molecular weight is 489 g/mol. The molecule has 0 aliphatic rings. The van der Waals surface area contributed by atoms with Crippen molar-refractivity contribution < 1.29 is 22.6 Å². The van der Waals surface area contributed by atoms with Crippen molar-refractivity contribution in [1.82, 2.24) is 4.98 Å². The molecular weight excluding hydrogens is 474 g/mol. The van der Waals surface area contributed by atoms with E-state index in [1.807, 2.05) is 36.4 Å². The summed E-state index contributed by atoms with van der Waals surface area (Å²) in [6, 6.07) is 15.5. The van der Waals surface area contributed by atoms with E-state index < -0.39 is 11.7 Å². The maximum atomic E-state index is 12.7. The summed E-state index contributed by atoms with van der Waals surface area (Å²) in [4.78, 5) is 3.66. The second kappa shape index (κ2) is 10.3. The second-order valence-corrected chi connectivity index (χ2v) is 7.80. The molecule has 0 N–H and O–H groups in total. The van der Waals surface area contributed by atoms with Gasteiger partial charge in [0.05, 0.1) is 5.56 Å². The fourth-order valence-corrected chi connectivity index (χ4v) is 2.91. The summed E-state index contributed by atoms with van der Waals surface area (Å²) >= 11 is 16.9. The molecule has 3 rings (SSSR count). The van der Waals surface area contributed by atoms with Gasteiger partial charge < -0.3 is 9.47 Å². The fourth-order valence-electron chi connectivity index (χ4n) is 2.58. The highest BCUT2D eigenvalue weighted by molar-refractivity contribution is 6.55. The van der Waals surface area contributed by atoms with Gasteiger partial charge in [0, 0.05) is 6.20 Å². The molecular formula is C22H15Cl3F3NO2. The third-order valence-electron chi connectivity index (χ3n) is 4.09. The summed E-state index contributed by atoms with van der Waals surface area (Å²) in [5.74, 6) is 1.01. The molecule has 0 aliphatic heterocycles. The van der Waals surface area contributed by atoms with Crippen molar-refractivity contribution in [1.29, 1.82) is 0 Å². The van der Waals surface area contributed by atoms with E-state index in [0.717, 1.165) is 17.2 Å². The zero-order valence-electron chi connectivity index (χ0n) is 15.8. The molecule has 0 saturated carbocycles. The molecule has 1 heterocycles. The van der Waals surface area contributed by atoms with Crippen LogP contribution in [-0.4, -0.2) is 11.6 Å². The van der Waals surface area contributed by atoms with Crippen LogP contribution in [0.4, 0.5) is 13.2 Å². The molecule has 0 spiro atoms. The third kappa shape index (κ3) is 7.06. The summed E-state index contributed by atoms with van der Waals surface area (Å²) < 4.78 is 49.2. The first-order valence-corrected chi connectivity index (χ1v) is 10.1. The molecule has 1 aromatic heterocycles. The van der Waals surface area contributed by atoms with Crippen molar-refractivity contribution >= 4 is 34.8 Å². The average Bonchev–Trinajstić information content (AvgIpc) is 2.71. The molecule has 0 fully saturated rings. The SMILES string of the molecule is FC(F)(F)c1cnc(Oc2ccc(Cc3ccc(OCC=C(Cl)Cl)cc3)cc2)c(Cl)c1. The molecule has 31 heavy (non-hydrogen) atoms. The van der Waals surface area contributed by atoms with Crippen LogP contribution < -0.4 is 9.47 Å². The number of ether oxygens (including phenoxy) is 2. The van der Waals surface area contributed by atoms with Gasteiger partial charge in [-0.3, -0.25) is 0 Å². The van der Waals surface area contributed by atoms with Gasteiger partial charge in [0.25, 0.3) is 0 Å². The predicted octanol–water partition coefficient (Wildman–Crippen LogP) is 7.83. The van der Waals surface area contributed by atoms with E-state index in [4.69, 9.17) is 44.3 Å². The number of hydrogen-bond donors (Lipinski definition) is 0. The molecule has 0 bridgehead atoms. The Bertz CT molecular complexity index is 1050. The van der Waals surface area contributed by atoms with Gasteiger partial charge in [-0.25, -0.2) is 4.98 Å². The smallest absolute Gasteiger partial charge is 0.417 e. The van der Waals surface area contributed by atoms with Crippen molar-refractivity contribution in [3.8, 4) is 17.4 Å². The number of benzene rings is 2. The minimum Gasteiger partial charge on any atom is -0.489 e. The lowest BCUT2D eigenvalue weighted by atomic mass is 10.0. The van der Waals surface area contributed by atoms with Gasteiger partial charge in [0.2, 0.25) is 5.88 Å². The largest absolute Gasteiger partial charge is 0.489 e. The molecule has 2 aromatic carbocycles. The minimum atomic E-state index is -4.52. The zero-order valence-corrected chi connectivity index (χ0v) is 18.1. The number of pyridine rings is 1. The Morgan fingerprint density at radius 3 is 2.03 bits per heavy atom. The Labute approximate surface area is 192 Å². The van der Waals surface area contributed by atoms with E-state index in [9.17, 15) is 13.2 Å². The van der Waals surface area contributed by atoms with E-state index in [2.05, 4.69) is 4.98 Å². The maximum Gasteiger partial charge on any atom is 0.417 e. The van der Waals surface area contributed by atoms with Crippen LogP contribution in [0.25, 0.3) is 0 Å². The lowest BCUT2D eigenvalue weighted by Gasteiger charge is -2.10. The number of aromatic nitrogens is 1. The van der Waals surface area contributed by atoms with Crippen LogP contribution in [0.1, 0.15) is 16.7 Å². The van der Waals surface area contributed by atoms with Crippen molar-refractivity contribution in [3.05, 3.63) is 93.1 Å². The highest BCUT2D eigenvalue weighted by atomic mass is 35.5. The van der Waals surface area contributed by atoms with Crippen LogP contribution in [0.15, 0.2) is 71.4 Å². The van der Waals surface area contributed by atoms with Gasteiger partial charge in [-0.2, -0.15) is 13.2 Å². The normalized spacial score (nSPS) is 11.2. The highest BCUT2D eigenvalue weighted by Crippen LogP contribution is 2.34. The summed E-state index contributed by atoms with van der Waals surface area (Å²) in [5.41, 5.74) is 1.15. The highest BCUT2D eigenvalue weighted by Gasteiger charge is 2.31. The number of rotatable bonds is 7. The molecule has 0 atom stereocenters. The third-order valence-corrected chi connectivity index (χ3v) is 4.67.